The number of amides is 1. The quantitative estimate of drug-likeness (QED) is 0.551. The van der Waals surface area contributed by atoms with Gasteiger partial charge < -0.3 is 15.7 Å². The molecule has 0 spiro atoms. The third-order valence-electron chi connectivity index (χ3n) is 5.16. The first kappa shape index (κ1) is 21.2. The molecule has 1 amide bonds. The molecule has 4 rings (SSSR count). The topological polar surface area (TPSA) is 116 Å². The van der Waals surface area contributed by atoms with Crippen molar-refractivity contribution in [1.82, 2.24) is 14.8 Å². The molecule has 3 aromatic rings. The molecule has 0 saturated carbocycles. The monoisotopic (exact) mass is 432 g/mol. The fourth-order valence-corrected chi connectivity index (χ4v) is 3.61. The van der Waals surface area contributed by atoms with Gasteiger partial charge in [-0.2, -0.15) is 15.3 Å². The minimum Gasteiger partial charge on any atom is -0.396 e. The van der Waals surface area contributed by atoms with Crippen molar-refractivity contribution in [3.05, 3.63) is 82.6 Å². The third-order valence-corrected chi connectivity index (χ3v) is 5.16. The summed E-state index contributed by atoms with van der Waals surface area (Å²) in [6.45, 7) is 1.81. The minimum absolute atomic E-state index is 0.0267. The number of rotatable bonds is 6. The normalized spacial score (nSPS) is 15.0. The Bertz CT molecular complexity index is 1210. The second-order valence-electron chi connectivity index (χ2n) is 7.38. The largest absolute Gasteiger partial charge is 0.396 e. The van der Waals surface area contributed by atoms with Crippen LogP contribution in [0.4, 0.5) is 16.0 Å². The summed E-state index contributed by atoms with van der Waals surface area (Å²) in [6.07, 6.45) is 1.02. The molecule has 1 unspecified atom stereocenters. The van der Waals surface area contributed by atoms with Gasteiger partial charge in [-0.1, -0.05) is 12.1 Å². The van der Waals surface area contributed by atoms with Gasteiger partial charge in [-0.3, -0.25) is 4.79 Å². The zero-order chi connectivity index (χ0) is 22.7. The summed E-state index contributed by atoms with van der Waals surface area (Å²) in [4.78, 5) is 17.8. The lowest BCUT2D eigenvalue weighted by Crippen LogP contribution is -2.31. The number of carbonyl (C=O) groups excluding carboxylic acids is 1. The molecule has 0 saturated heterocycles. The van der Waals surface area contributed by atoms with Gasteiger partial charge in [0.05, 0.1) is 17.2 Å². The Morgan fingerprint density at radius 2 is 1.97 bits per heavy atom. The van der Waals surface area contributed by atoms with Gasteiger partial charge in [-0.15, -0.1) is 0 Å². The highest BCUT2D eigenvalue weighted by Crippen LogP contribution is 2.35. The van der Waals surface area contributed by atoms with Crippen LogP contribution in [0, 0.1) is 17.1 Å². The van der Waals surface area contributed by atoms with E-state index in [0.29, 0.717) is 47.1 Å². The van der Waals surface area contributed by atoms with E-state index in [1.807, 2.05) is 0 Å². The SMILES string of the molecule is CC1=C(C(=O)Nc2ccc(F)cc2)C(c2ccc(C#N)cc2)n2nc(CCCO)nc2N1. The highest BCUT2D eigenvalue weighted by molar-refractivity contribution is 6.06. The van der Waals surface area contributed by atoms with Gasteiger partial charge in [0.15, 0.2) is 5.82 Å². The van der Waals surface area contributed by atoms with Crippen molar-refractivity contribution in [2.45, 2.75) is 25.8 Å². The number of hydrogen-bond acceptors (Lipinski definition) is 6. The first-order chi connectivity index (χ1) is 15.5. The van der Waals surface area contributed by atoms with Gasteiger partial charge in [0.1, 0.15) is 11.9 Å². The van der Waals surface area contributed by atoms with Crippen molar-refractivity contribution in [2.75, 3.05) is 17.2 Å². The van der Waals surface area contributed by atoms with Crippen molar-refractivity contribution in [3.8, 4) is 6.07 Å². The van der Waals surface area contributed by atoms with E-state index in [1.165, 1.54) is 24.3 Å². The number of aromatic nitrogens is 3. The second-order valence-corrected chi connectivity index (χ2v) is 7.38. The minimum atomic E-state index is -0.588. The second kappa shape index (κ2) is 8.99. The molecule has 32 heavy (non-hydrogen) atoms. The van der Waals surface area contributed by atoms with E-state index in [1.54, 1.807) is 35.9 Å². The summed E-state index contributed by atoms with van der Waals surface area (Å²) in [5, 5.41) is 28.8. The molecule has 0 fully saturated rings. The molecule has 1 aromatic heterocycles. The van der Waals surface area contributed by atoms with Crippen LogP contribution in [0.25, 0.3) is 0 Å². The molecular formula is C23H21FN6O2. The molecule has 0 radical (unpaired) electrons. The summed E-state index contributed by atoms with van der Waals surface area (Å²) in [7, 11) is 0. The molecule has 1 aliphatic heterocycles. The molecule has 3 N–H and O–H groups in total. The number of nitrogens with one attached hydrogen (secondary N) is 2. The molecule has 8 nitrogen and oxygen atoms in total. The van der Waals surface area contributed by atoms with Gasteiger partial charge in [0.2, 0.25) is 5.95 Å². The highest BCUT2D eigenvalue weighted by atomic mass is 19.1. The molecule has 0 aliphatic carbocycles. The smallest absolute Gasteiger partial charge is 0.255 e. The maximum Gasteiger partial charge on any atom is 0.255 e. The molecular weight excluding hydrogens is 411 g/mol. The van der Waals surface area contributed by atoms with Gasteiger partial charge in [0.25, 0.3) is 5.91 Å². The Labute approximate surface area is 184 Å². The van der Waals surface area contributed by atoms with Gasteiger partial charge in [-0.25, -0.2) is 9.07 Å². The number of nitrogens with zero attached hydrogens (tertiary/aromatic N) is 4. The summed E-state index contributed by atoms with van der Waals surface area (Å²) < 4.78 is 14.9. The molecule has 9 heteroatoms. The molecule has 1 atom stereocenters. The van der Waals surface area contributed by atoms with E-state index >= 15 is 0 Å². The predicted octanol–water partition coefficient (Wildman–Crippen LogP) is 3.14. The predicted molar refractivity (Wildman–Crippen MR) is 116 cm³/mol. The zero-order valence-corrected chi connectivity index (χ0v) is 17.3. The van der Waals surface area contributed by atoms with Crippen LogP contribution < -0.4 is 10.6 Å². The standard InChI is InChI=1S/C23H21FN6O2/c1-14-20(22(32)27-18-10-8-17(24)9-11-18)21(16-6-4-15(13-25)5-7-16)30-23(26-14)28-19(29-30)3-2-12-31/h4-11,21,31H,2-3,12H2,1H3,(H,27,32)(H,26,28,29). The van der Waals surface area contributed by atoms with E-state index in [9.17, 15) is 9.18 Å². The van der Waals surface area contributed by atoms with Crippen molar-refractivity contribution < 1.29 is 14.3 Å². The van der Waals surface area contributed by atoms with Crippen molar-refractivity contribution in [2.24, 2.45) is 0 Å². The lowest BCUT2D eigenvalue weighted by Gasteiger charge is -2.28. The van der Waals surface area contributed by atoms with E-state index < -0.39 is 11.9 Å². The zero-order valence-electron chi connectivity index (χ0n) is 17.3. The number of carbonyl (C=O) groups is 1. The summed E-state index contributed by atoms with van der Waals surface area (Å²) in [5.41, 5.74) is 2.75. The average molecular weight is 432 g/mol. The fraction of sp³-hybridized carbons (Fsp3) is 0.217. The van der Waals surface area contributed by atoms with Gasteiger partial charge in [0, 0.05) is 24.4 Å². The first-order valence-electron chi connectivity index (χ1n) is 10.1. The van der Waals surface area contributed by atoms with Gasteiger partial charge in [-0.05, 0) is 55.3 Å². The van der Waals surface area contributed by atoms with Crippen LogP contribution in [0.2, 0.25) is 0 Å². The van der Waals surface area contributed by atoms with E-state index in [0.717, 1.165) is 5.56 Å². The Morgan fingerprint density at radius 1 is 1.25 bits per heavy atom. The lowest BCUT2D eigenvalue weighted by molar-refractivity contribution is -0.113. The molecule has 2 heterocycles. The number of halogens is 1. The lowest BCUT2D eigenvalue weighted by atomic mass is 9.94. The number of aliphatic hydroxyl groups excluding tert-OH is 1. The van der Waals surface area contributed by atoms with E-state index in [-0.39, 0.29) is 12.5 Å². The molecule has 2 aromatic carbocycles. The van der Waals surface area contributed by atoms with Crippen LogP contribution in [0.1, 0.15) is 36.3 Å². The number of benzene rings is 2. The Hall–Kier alpha value is -4.03. The van der Waals surface area contributed by atoms with Gasteiger partial charge >= 0.3 is 0 Å². The van der Waals surface area contributed by atoms with Crippen LogP contribution in [0.5, 0.6) is 0 Å². The number of nitriles is 1. The van der Waals surface area contributed by atoms with Crippen molar-refractivity contribution in [3.63, 3.8) is 0 Å². The fourth-order valence-electron chi connectivity index (χ4n) is 3.61. The Balaban J connectivity index is 1.75. The molecule has 1 aliphatic rings. The molecule has 0 bridgehead atoms. The third kappa shape index (κ3) is 4.22. The Kier molecular flexibility index (Phi) is 5.96. The van der Waals surface area contributed by atoms with Crippen molar-refractivity contribution >= 4 is 17.5 Å². The van der Waals surface area contributed by atoms with Crippen molar-refractivity contribution in [1.29, 1.82) is 5.26 Å². The highest BCUT2D eigenvalue weighted by Gasteiger charge is 2.34. The maximum absolute atomic E-state index is 13.3. The maximum atomic E-state index is 13.3. The van der Waals surface area contributed by atoms with E-state index in [4.69, 9.17) is 10.4 Å². The van der Waals surface area contributed by atoms with Crippen LogP contribution in [0.3, 0.4) is 0 Å². The number of allylic oxidation sites excluding steroid dienone is 1. The van der Waals surface area contributed by atoms with Crippen LogP contribution >= 0.6 is 0 Å². The van der Waals surface area contributed by atoms with Crippen LogP contribution in [-0.2, 0) is 11.2 Å². The first-order valence-corrected chi connectivity index (χ1v) is 10.1. The number of aryl methyl sites for hydroxylation is 1. The molecule has 162 valence electrons. The van der Waals surface area contributed by atoms with Crippen LogP contribution in [-0.4, -0.2) is 32.4 Å². The number of aliphatic hydroxyl groups is 1. The van der Waals surface area contributed by atoms with Crippen LogP contribution in [0.15, 0.2) is 59.8 Å². The summed E-state index contributed by atoms with van der Waals surface area (Å²) in [5.74, 6) is 0.279. The number of hydrogen-bond donors (Lipinski definition) is 3. The summed E-state index contributed by atoms with van der Waals surface area (Å²) in [6, 6.07) is 14.0. The summed E-state index contributed by atoms with van der Waals surface area (Å²) >= 11 is 0. The van der Waals surface area contributed by atoms with E-state index in [2.05, 4.69) is 26.8 Å². The number of anilines is 2. The number of fused-ring (bicyclic) bond motifs is 1. The Morgan fingerprint density at radius 3 is 2.62 bits per heavy atom. The average Bonchev–Trinajstić information content (AvgIpc) is 3.20.